The Labute approximate surface area is 122 Å². The van der Waals surface area contributed by atoms with Crippen molar-refractivity contribution in [1.29, 1.82) is 0 Å². The zero-order valence-corrected chi connectivity index (χ0v) is 11.9. The van der Waals surface area contributed by atoms with Crippen LogP contribution in [0.3, 0.4) is 0 Å². The maximum atomic E-state index is 13.1. The molecule has 0 aliphatic carbocycles. The Hall–Kier alpha value is -1.95. The van der Waals surface area contributed by atoms with Gasteiger partial charge in [0.05, 0.1) is 5.54 Å². The average Bonchev–Trinajstić information content (AvgIpc) is 2.96. The summed E-state index contributed by atoms with van der Waals surface area (Å²) in [6, 6.07) is 5.98. The van der Waals surface area contributed by atoms with E-state index in [0.29, 0.717) is 17.5 Å². The molecule has 0 radical (unpaired) electrons. The molecule has 5 nitrogen and oxygen atoms in total. The van der Waals surface area contributed by atoms with Crippen LogP contribution >= 0.6 is 0 Å². The Morgan fingerprint density at radius 3 is 3.10 bits per heavy atom. The molecule has 1 aromatic carbocycles. The third-order valence-electron chi connectivity index (χ3n) is 3.72. The molecule has 0 spiro atoms. The summed E-state index contributed by atoms with van der Waals surface area (Å²) in [6.07, 6.45) is 3.28. The van der Waals surface area contributed by atoms with Crippen molar-refractivity contribution in [3.05, 3.63) is 41.8 Å². The zero-order chi connectivity index (χ0) is 14.7. The van der Waals surface area contributed by atoms with Gasteiger partial charge in [0.1, 0.15) is 11.6 Å². The first kappa shape index (κ1) is 14.0. The molecule has 1 unspecified atom stereocenters. The minimum Gasteiger partial charge on any atom is -0.485 e. The highest BCUT2D eigenvalue weighted by atomic mass is 19.1. The van der Waals surface area contributed by atoms with E-state index in [0.717, 1.165) is 19.4 Å². The summed E-state index contributed by atoms with van der Waals surface area (Å²) in [7, 11) is 0. The predicted octanol–water partition coefficient (Wildman–Crippen LogP) is 2.78. The minimum atomic E-state index is -0.333. The molecule has 1 fully saturated rings. The highest BCUT2D eigenvalue weighted by molar-refractivity contribution is 5.22. The Morgan fingerprint density at radius 1 is 1.43 bits per heavy atom. The van der Waals surface area contributed by atoms with Gasteiger partial charge in [-0.1, -0.05) is 11.2 Å². The molecule has 21 heavy (non-hydrogen) atoms. The van der Waals surface area contributed by atoms with Crippen molar-refractivity contribution in [1.82, 2.24) is 15.5 Å². The van der Waals surface area contributed by atoms with Crippen LogP contribution in [0.2, 0.25) is 0 Å². The van der Waals surface area contributed by atoms with Crippen LogP contribution in [-0.4, -0.2) is 16.7 Å². The second-order valence-corrected chi connectivity index (χ2v) is 5.48. The fourth-order valence-electron chi connectivity index (χ4n) is 2.48. The molecule has 1 aliphatic heterocycles. The van der Waals surface area contributed by atoms with Crippen LogP contribution < -0.4 is 10.1 Å². The van der Waals surface area contributed by atoms with Gasteiger partial charge >= 0.3 is 0 Å². The maximum Gasteiger partial charge on any atom is 0.246 e. The lowest BCUT2D eigenvalue weighted by molar-refractivity contribution is 0.205. The van der Waals surface area contributed by atoms with Crippen LogP contribution in [0.1, 0.15) is 37.9 Å². The lowest BCUT2D eigenvalue weighted by Gasteiger charge is -2.31. The van der Waals surface area contributed by atoms with Gasteiger partial charge in [0, 0.05) is 6.07 Å². The van der Waals surface area contributed by atoms with Crippen LogP contribution in [-0.2, 0) is 12.1 Å². The Bertz CT molecular complexity index is 608. The number of aromatic nitrogens is 2. The van der Waals surface area contributed by atoms with Crippen LogP contribution in [0.25, 0.3) is 0 Å². The van der Waals surface area contributed by atoms with E-state index in [1.54, 1.807) is 12.1 Å². The number of benzene rings is 1. The van der Waals surface area contributed by atoms with Gasteiger partial charge in [-0.05, 0) is 44.9 Å². The van der Waals surface area contributed by atoms with Crippen LogP contribution in [0.5, 0.6) is 5.75 Å². The van der Waals surface area contributed by atoms with Gasteiger partial charge in [0.25, 0.3) is 0 Å². The van der Waals surface area contributed by atoms with Crippen molar-refractivity contribution >= 4 is 0 Å². The van der Waals surface area contributed by atoms with Gasteiger partial charge in [-0.3, -0.25) is 0 Å². The molecule has 0 bridgehead atoms. The number of hydrogen-bond donors (Lipinski definition) is 1. The van der Waals surface area contributed by atoms with E-state index < -0.39 is 0 Å². The molecule has 0 amide bonds. The summed E-state index contributed by atoms with van der Waals surface area (Å²) < 4.78 is 23.9. The summed E-state index contributed by atoms with van der Waals surface area (Å²) in [5.74, 6) is 1.16. The lowest BCUT2D eigenvalue weighted by atomic mass is 9.91. The number of piperidine rings is 1. The number of rotatable bonds is 4. The third-order valence-corrected chi connectivity index (χ3v) is 3.72. The topological polar surface area (TPSA) is 60.2 Å². The number of ether oxygens (including phenoxy) is 1. The first-order valence-electron chi connectivity index (χ1n) is 7.12. The van der Waals surface area contributed by atoms with E-state index in [2.05, 4.69) is 22.4 Å². The van der Waals surface area contributed by atoms with E-state index in [-0.39, 0.29) is 18.0 Å². The molecule has 6 heteroatoms. The monoisotopic (exact) mass is 291 g/mol. The summed E-state index contributed by atoms with van der Waals surface area (Å²) in [6.45, 7) is 3.17. The smallest absolute Gasteiger partial charge is 0.246 e. The van der Waals surface area contributed by atoms with Gasteiger partial charge in [-0.15, -0.1) is 0 Å². The fourth-order valence-corrected chi connectivity index (χ4v) is 2.48. The van der Waals surface area contributed by atoms with Crippen molar-refractivity contribution in [2.75, 3.05) is 6.54 Å². The number of nitrogens with one attached hydrogen (secondary N) is 1. The summed E-state index contributed by atoms with van der Waals surface area (Å²) in [5, 5.41) is 7.35. The minimum absolute atomic E-state index is 0.156. The Balaban J connectivity index is 1.65. The van der Waals surface area contributed by atoms with Crippen molar-refractivity contribution in [3.8, 4) is 5.75 Å². The van der Waals surface area contributed by atoms with Gasteiger partial charge in [0.15, 0.2) is 6.61 Å². The second-order valence-electron chi connectivity index (χ2n) is 5.48. The number of halogens is 1. The normalized spacial score (nSPS) is 22.2. The zero-order valence-electron chi connectivity index (χ0n) is 11.9. The molecular formula is C15H18FN3O2. The van der Waals surface area contributed by atoms with Gasteiger partial charge in [-0.25, -0.2) is 4.39 Å². The molecule has 1 atom stereocenters. The van der Waals surface area contributed by atoms with Crippen LogP contribution in [0, 0.1) is 5.82 Å². The van der Waals surface area contributed by atoms with Crippen molar-refractivity contribution in [2.24, 2.45) is 0 Å². The SMILES string of the molecule is CC1(c2nc(COc3cccc(F)c3)no2)CCCCN1. The first-order valence-corrected chi connectivity index (χ1v) is 7.12. The molecule has 3 rings (SSSR count). The quantitative estimate of drug-likeness (QED) is 0.938. The van der Waals surface area contributed by atoms with Gasteiger partial charge in [0.2, 0.25) is 11.7 Å². The fraction of sp³-hybridized carbons (Fsp3) is 0.467. The predicted molar refractivity (Wildman–Crippen MR) is 74.2 cm³/mol. The Morgan fingerprint density at radius 2 is 2.33 bits per heavy atom. The molecule has 1 N–H and O–H groups in total. The van der Waals surface area contributed by atoms with Crippen LogP contribution in [0.15, 0.2) is 28.8 Å². The number of nitrogens with zero attached hydrogens (tertiary/aromatic N) is 2. The molecule has 1 aromatic heterocycles. The van der Waals surface area contributed by atoms with E-state index in [1.165, 1.54) is 18.6 Å². The third kappa shape index (κ3) is 3.21. The summed E-state index contributed by atoms with van der Waals surface area (Å²) >= 11 is 0. The largest absolute Gasteiger partial charge is 0.485 e. The van der Waals surface area contributed by atoms with Gasteiger partial charge < -0.3 is 14.6 Å². The first-order chi connectivity index (χ1) is 10.2. The second kappa shape index (κ2) is 5.81. The van der Waals surface area contributed by atoms with Crippen molar-refractivity contribution in [3.63, 3.8) is 0 Å². The van der Waals surface area contributed by atoms with Gasteiger partial charge in [-0.2, -0.15) is 4.98 Å². The van der Waals surface area contributed by atoms with Crippen molar-refractivity contribution < 1.29 is 13.7 Å². The van der Waals surface area contributed by atoms with E-state index in [1.807, 2.05) is 0 Å². The standard InChI is InChI=1S/C15H18FN3O2/c1-15(7-2-3-8-17-15)14-18-13(19-21-14)10-20-12-6-4-5-11(16)9-12/h4-6,9,17H,2-3,7-8,10H2,1H3. The molecule has 1 saturated heterocycles. The lowest BCUT2D eigenvalue weighted by Crippen LogP contribution is -2.43. The number of hydrogen-bond acceptors (Lipinski definition) is 5. The average molecular weight is 291 g/mol. The molecule has 2 aromatic rings. The molecule has 112 valence electrons. The molecule has 2 heterocycles. The van der Waals surface area contributed by atoms with E-state index in [4.69, 9.17) is 9.26 Å². The molecule has 1 aliphatic rings. The highest BCUT2D eigenvalue weighted by Crippen LogP contribution is 2.28. The molecular weight excluding hydrogens is 273 g/mol. The summed E-state index contributed by atoms with van der Waals surface area (Å²) in [5.41, 5.74) is -0.262. The van der Waals surface area contributed by atoms with Crippen LogP contribution in [0.4, 0.5) is 4.39 Å². The molecule has 0 saturated carbocycles. The maximum absolute atomic E-state index is 13.1. The van der Waals surface area contributed by atoms with Crippen molar-refractivity contribution in [2.45, 2.75) is 38.3 Å². The Kier molecular flexibility index (Phi) is 3.88. The van der Waals surface area contributed by atoms with E-state index in [9.17, 15) is 4.39 Å². The summed E-state index contributed by atoms with van der Waals surface area (Å²) in [4.78, 5) is 4.38. The van der Waals surface area contributed by atoms with E-state index >= 15 is 0 Å². The highest BCUT2D eigenvalue weighted by Gasteiger charge is 2.34.